The van der Waals surface area contributed by atoms with Crippen LogP contribution in [0.3, 0.4) is 0 Å². The summed E-state index contributed by atoms with van der Waals surface area (Å²) in [6, 6.07) is -0.467. The predicted molar refractivity (Wildman–Crippen MR) is 92.7 cm³/mol. The van der Waals surface area contributed by atoms with Crippen molar-refractivity contribution in [1.29, 1.82) is 0 Å². The fraction of sp³-hybridized carbons (Fsp3) is 0.556. The summed E-state index contributed by atoms with van der Waals surface area (Å²) in [5.41, 5.74) is 0.777. The van der Waals surface area contributed by atoms with Crippen LogP contribution in [0.4, 0.5) is 4.79 Å². The topological polar surface area (TPSA) is 78.8 Å². The number of urea groups is 1. The van der Waals surface area contributed by atoms with Crippen molar-refractivity contribution in [3.63, 3.8) is 0 Å². The number of fused-ring (bicyclic) bond motifs is 1. The van der Waals surface area contributed by atoms with Crippen molar-refractivity contribution in [2.45, 2.75) is 52.5 Å². The van der Waals surface area contributed by atoms with Crippen LogP contribution < -0.4 is 5.32 Å². The third-order valence-corrected chi connectivity index (χ3v) is 4.32. The molecule has 0 aromatic carbocycles. The molecule has 1 heterocycles. The molecule has 130 valence electrons. The third-order valence-electron chi connectivity index (χ3n) is 4.32. The van der Waals surface area contributed by atoms with E-state index in [0.29, 0.717) is 17.8 Å². The number of carbonyl (C=O) groups is 3. The van der Waals surface area contributed by atoms with E-state index in [0.717, 1.165) is 25.7 Å². The van der Waals surface area contributed by atoms with Gasteiger partial charge in [-0.3, -0.25) is 14.5 Å². The second kappa shape index (κ2) is 8.04. The summed E-state index contributed by atoms with van der Waals surface area (Å²) in [5, 5.41) is 2.87. The van der Waals surface area contributed by atoms with E-state index < -0.39 is 11.9 Å². The highest BCUT2D eigenvalue weighted by atomic mass is 16.2. The van der Waals surface area contributed by atoms with E-state index >= 15 is 0 Å². The second-order valence-corrected chi connectivity index (χ2v) is 6.24. The molecule has 24 heavy (non-hydrogen) atoms. The molecule has 0 fully saturated rings. The highest BCUT2D eigenvalue weighted by Crippen LogP contribution is 2.22. The summed E-state index contributed by atoms with van der Waals surface area (Å²) in [6.07, 6.45) is 8.44. The van der Waals surface area contributed by atoms with Gasteiger partial charge in [-0.15, -0.1) is 0 Å². The monoisotopic (exact) mass is 331 g/mol. The fourth-order valence-electron chi connectivity index (χ4n) is 2.62. The molecule has 1 aliphatic carbocycles. The maximum absolute atomic E-state index is 12.5. The minimum atomic E-state index is -0.565. The van der Waals surface area contributed by atoms with Crippen LogP contribution in [0.15, 0.2) is 28.8 Å². The minimum Gasteiger partial charge on any atom is -0.350 e. The molecule has 4 amide bonds. The third kappa shape index (κ3) is 3.99. The van der Waals surface area contributed by atoms with Gasteiger partial charge in [0.15, 0.2) is 0 Å². The Labute approximate surface area is 142 Å². The Kier molecular flexibility index (Phi) is 6.06. The first kappa shape index (κ1) is 18.1. The van der Waals surface area contributed by atoms with E-state index in [1.807, 2.05) is 13.8 Å². The molecule has 2 unspecified atom stereocenters. The summed E-state index contributed by atoms with van der Waals surface area (Å²) < 4.78 is 0. The van der Waals surface area contributed by atoms with Gasteiger partial charge >= 0.3 is 6.03 Å². The van der Waals surface area contributed by atoms with Gasteiger partial charge in [-0.25, -0.2) is 4.79 Å². The van der Waals surface area contributed by atoms with Crippen molar-refractivity contribution in [2.24, 2.45) is 10.9 Å². The summed E-state index contributed by atoms with van der Waals surface area (Å²) in [5.74, 6) is -1.04. The van der Waals surface area contributed by atoms with Gasteiger partial charge in [0.1, 0.15) is 0 Å². The number of nitrogens with zero attached hydrogens (tertiary/aromatic N) is 2. The van der Waals surface area contributed by atoms with Crippen LogP contribution in [-0.2, 0) is 9.59 Å². The fourth-order valence-corrected chi connectivity index (χ4v) is 2.62. The molecule has 0 aromatic rings. The zero-order chi connectivity index (χ0) is 17.7. The van der Waals surface area contributed by atoms with Gasteiger partial charge in [0, 0.05) is 18.2 Å². The molecule has 0 radical (unpaired) electrons. The van der Waals surface area contributed by atoms with Crippen LogP contribution in [0.1, 0.15) is 46.5 Å². The second-order valence-electron chi connectivity index (χ2n) is 6.24. The van der Waals surface area contributed by atoms with Crippen LogP contribution in [-0.4, -0.2) is 41.0 Å². The average Bonchev–Trinajstić information content (AvgIpc) is 2.57. The first-order chi connectivity index (χ1) is 11.5. The van der Waals surface area contributed by atoms with Crippen LogP contribution in [0.2, 0.25) is 0 Å². The van der Waals surface area contributed by atoms with Crippen LogP contribution in [0.25, 0.3) is 0 Å². The lowest BCUT2D eigenvalue weighted by Crippen LogP contribution is -2.47. The van der Waals surface area contributed by atoms with E-state index in [1.165, 1.54) is 4.90 Å². The number of aliphatic imine (C=N–C) groups is 1. The smallest absolute Gasteiger partial charge is 0.350 e. The Morgan fingerprint density at radius 3 is 2.75 bits per heavy atom. The molecule has 6 nitrogen and oxygen atoms in total. The van der Waals surface area contributed by atoms with Crippen LogP contribution in [0.5, 0.6) is 0 Å². The number of carbonyl (C=O) groups excluding carboxylic acids is 3. The van der Waals surface area contributed by atoms with Gasteiger partial charge in [0.2, 0.25) is 5.91 Å². The van der Waals surface area contributed by atoms with E-state index in [-0.39, 0.29) is 17.9 Å². The molecule has 2 atom stereocenters. The molecule has 0 saturated heterocycles. The lowest BCUT2D eigenvalue weighted by Gasteiger charge is -2.29. The van der Waals surface area contributed by atoms with Gasteiger partial charge in [0.05, 0.1) is 11.6 Å². The Hall–Kier alpha value is -2.24. The first-order valence-corrected chi connectivity index (χ1v) is 8.62. The lowest BCUT2D eigenvalue weighted by molar-refractivity contribution is -0.129. The predicted octanol–water partition coefficient (Wildman–Crippen LogP) is 2.61. The van der Waals surface area contributed by atoms with Gasteiger partial charge in [-0.05, 0) is 25.8 Å². The quantitative estimate of drug-likeness (QED) is 0.728. The number of imide groups is 1. The molecule has 2 aliphatic rings. The normalized spacial score (nSPS) is 21.1. The number of amides is 4. The largest absolute Gasteiger partial charge is 0.350 e. The van der Waals surface area contributed by atoms with Crippen molar-refractivity contribution in [2.75, 3.05) is 6.54 Å². The van der Waals surface area contributed by atoms with Gasteiger partial charge in [-0.2, -0.15) is 4.99 Å². The maximum atomic E-state index is 12.5. The van der Waals surface area contributed by atoms with Gasteiger partial charge in [-0.1, -0.05) is 38.8 Å². The van der Waals surface area contributed by atoms with E-state index in [4.69, 9.17) is 0 Å². The molecule has 6 heteroatoms. The van der Waals surface area contributed by atoms with E-state index in [1.54, 1.807) is 18.2 Å². The summed E-state index contributed by atoms with van der Waals surface area (Å²) >= 11 is 0. The van der Waals surface area contributed by atoms with Crippen molar-refractivity contribution in [3.05, 3.63) is 23.8 Å². The number of hydrogen-bond acceptors (Lipinski definition) is 3. The summed E-state index contributed by atoms with van der Waals surface area (Å²) in [4.78, 5) is 42.0. The Morgan fingerprint density at radius 1 is 1.33 bits per heavy atom. The van der Waals surface area contributed by atoms with E-state index in [2.05, 4.69) is 17.2 Å². The number of nitrogens with one attached hydrogen (secondary N) is 1. The zero-order valence-electron chi connectivity index (χ0n) is 14.5. The minimum absolute atomic E-state index is 0.0649. The molecule has 0 saturated carbocycles. The van der Waals surface area contributed by atoms with Gasteiger partial charge < -0.3 is 5.32 Å². The Balaban J connectivity index is 2.13. The number of hydrogen-bond donors (Lipinski definition) is 1. The summed E-state index contributed by atoms with van der Waals surface area (Å²) in [6.45, 7) is 6.38. The first-order valence-electron chi connectivity index (χ1n) is 8.62. The van der Waals surface area contributed by atoms with Gasteiger partial charge in [0.25, 0.3) is 5.91 Å². The van der Waals surface area contributed by atoms with Crippen LogP contribution in [0, 0.1) is 5.92 Å². The Morgan fingerprint density at radius 2 is 2.08 bits per heavy atom. The van der Waals surface area contributed by atoms with Crippen molar-refractivity contribution < 1.29 is 14.4 Å². The molecule has 0 spiro atoms. The number of allylic oxidation sites excluding steroid dienone is 1. The van der Waals surface area contributed by atoms with E-state index in [9.17, 15) is 14.4 Å². The standard InChI is InChI=1S/C18H25N3O3/c1-4-6-7-10-21-17(23)14-9-8-13(11-15(14)20-18(21)24)16(22)19-12(3)5-2/h8-9,11-12,14H,4-7,10H2,1-3H3,(H,19,22). The highest BCUT2D eigenvalue weighted by molar-refractivity contribution is 6.23. The lowest BCUT2D eigenvalue weighted by atomic mass is 9.91. The Bertz CT molecular complexity index is 619. The molecule has 1 aliphatic heterocycles. The molecule has 2 rings (SSSR count). The van der Waals surface area contributed by atoms with Crippen LogP contribution >= 0.6 is 0 Å². The SMILES string of the molecule is CCCCCN1C(=O)N=C2C=C(C(=O)NC(C)CC)C=CC2C1=O. The zero-order valence-corrected chi connectivity index (χ0v) is 14.5. The molecule has 0 aromatic heterocycles. The molecular weight excluding hydrogens is 306 g/mol. The maximum Gasteiger partial charge on any atom is 0.350 e. The highest BCUT2D eigenvalue weighted by Gasteiger charge is 2.36. The average molecular weight is 331 g/mol. The number of rotatable bonds is 7. The summed E-state index contributed by atoms with van der Waals surface area (Å²) in [7, 11) is 0. The molecule has 1 N–H and O–H groups in total. The van der Waals surface area contributed by atoms with Crippen molar-refractivity contribution in [1.82, 2.24) is 10.2 Å². The molecular formula is C18H25N3O3. The molecule has 0 bridgehead atoms. The van der Waals surface area contributed by atoms with Crippen molar-refractivity contribution >= 4 is 23.6 Å². The number of unbranched alkanes of at least 4 members (excludes halogenated alkanes) is 2. The van der Waals surface area contributed by atoms with Crippen molar-refractivity contribution in [3.8, 4) is 0 Å².